The molecule has 18 heavy (non-hydrogen) atoms. The maximum atomic E-state index is 4.34. The van der Waals surface area contributed by atoms with Crippen molar-refractivity contribution in [2.24, 2.45) is 10.9 Å². The standard InChI is InChI=1S/C14H27N3S/c1-15-14(16-9-8-11-6-7-11)17-12-4-3-5-13(10-12)18-2/h11-13H,3-10H2,1-2H3,(H2,15,16,17). The van der Waals surface area contributed by atoms with Crippen LogP contribution in [0.5, 0.6) is 0 Å². The molecule has 0 aromatic rings. The Hall–Kier alpha value is -0.380. The lowest BCUT2D eigenvalue weighted by atomic mass is 9.95. The van der Waals surface area contributed by atoms with Gasteiger partial charge >= 0.3 is 0 Å². The molecule has 0 amide bonds. The fraction of sp³-hybridized carbons (Fsp3) is 0.929. The first-order valence-electron chi connectivity index (χ1n) is 7.31. The Morgan fingerprint density at radius 1 is 1.28 bits per heavy atom. The minimum Gasteiger partial charge on any atom is -0.356 e. The van der Waals surface area contributed by atoms with Gasteiger partial charge in [0.05, 0.1) is 0 Å². The van der Waals surface area contributed by atoms with Crippen molar-refractivity contribution in [1.82, 2.24) is 10.6 Å². The average Bonchev–Trinajstić information content (AvgIpc) is 3.22. The van der Waals surface area contributed by atoms with Gasteiger partial charge in [-0.3, -0.25) is 4.99 Å². The monoisotopic (exact) mass is 269 g/mol. The van der Waals surface area contributed by atoms with Crippen LogP contribution in [0.3, 0.4) is 0 Å². The van der Waals surface area contributed by atoms with Crippen LogP contribution in [0, 0.1) is 5.92 Å². The van der Waals surface area contributed by atoms with Crippen LogP contribution in [0.15, 0.2) is 4.99 Å². The second-order valence-corrected chi connectivity index (χ2v) is 6.73. The SMILES string of the molecule is CN=C(NCCC1CC1)NC1CCCC(SC)C1. The van der Waals surface area contributed by atoms with Crippen LogP contribution in [0.4, 0.5) is 0 Å². The van der Waals surface area contributed by atoms with Gasteiger partial charge in [0.15, 0.2) is 5.96 Å². The van der Waals surface area contributed by atoms with E-state index in [2.05, 4.69) is 21.9 Å². The number of guanidine groups is 1. The Morgan fingerprint density at radius 3 is 2.78 bits per heavy atom. The Bertz CT molecular complexity index is 276. The van der Waals surface area contributed by atoms with Crippen LogP contribution in [-0.4, -0.2) is 37.1 Å². The van der Waals surface area contributed by atoms with Gasteiger partial charge in [-0.05, 0) is 37.9 Å². The first-order chi connectivity index (χ1) is 8.81. The topological polar surface area (TPSA) is 36.4 Å². The number of hydrogen-bond donors (Lipinski definition) is 2. The summed E-state index contributed by atoms with van der Waals surface area (Å²) >= 11 is 2.01. The van der Waals surface area contributed by atoms with Gasteiger partial charge in [0, 0.05) is 24.9 Å². The molecule has 0 aromatic heterocycles. The average molecular weight is 269 g/mol. The Labute approximate surface area is 116 Å². The Kier molecular flexibility index (Phi) is 5.67. The quantitative estimate of drug-likeness (QED) is 0.595. The van der Waals surface area contributed by atoms with Crippen LogP contribution in [-0.2, 0) is 0 Å². The van der Waals surface area contributed by atoms with Crippen LogP contribution < -0.4 is 10.6 Å². The summed E-state index contributed by atoms with van der Waals surface area (Å²) < 4.78 is 0. The second-order valence-electron chi connectivity index (χ2n) is 5.60. The molecule has 2 aliphatic carbocycles. The maximum absolute atomic E-state index is 4.34. The zero-order valence-corrected chi connectivity index (χ0v) is 12.6. The van der Waals surface area contributed by atoms with Gasteiger partial charge < -0.3 is 10.6 Å². The fourth-order valence-corrected chi connectivity index (χ4v) is 3.51. The zero-order valence-electron chi connectivity index (χ0n) is 11.7. The highest BCUT2D eigenvalue weighted by atomic mass is 32.2. The highest BCUT2D eigenvalue weighted by Crippen LogP contribution is 2.31. The Morgan fingerprint density at radius 2 is 2.11 bits per heavy atom. The third-order valence-electron chi connectivity index (χ3n) is 4.07. The van der Waals surface area contributed by atoms with E-state index in [4.69, 9.17) is 0 Å². The predicted molar refractivity (Wildman–Crippen MR) is 81.4 cm³/mol. The van der Waals surface area contributed by atoms with E-state index in [1.807, 2.05) is 18.8 Å². The molecule has 2 N–H and O–H groups in total. The molecule has 4 heteroatoms. The van der Waals surface area contributed by atoms with E-state index in [1.165, 1.54) is 44.9 Å². The largest absolute Gasteiger partial charge is 0.356 e. The molecular formula is C14H27N3S. The van der Waals surface area contributed by atoms with E-state index >= 15 is 0 Å². The lowest BCUT2D eigenvalue weighted by Gasteiger charge is -2.29. The van der Waals surface area contributed by atoms with Crippen molar-refractivity contribution in [3.63, 3.8) is 0 Å². The molecule has 3 nitrogen and oxygen atoms in total. The Balaban J connectivity index is 1.67. The fourth-order valence-electron chi connectivity index (χ4n) is 2.68. The summed E-state index contributed by atoms with van der Waals surface area (Å²) in [5.74, 6) is 1.99. The van der Waals surface area contributed by atoms with Gasteiger partial charge in [-0.25, -0.2) is 0 Å². The molecule has 2 rings (SSSR count). The smallest absolute Gasteiger partial charge is 0.191 e. The number of rotatable bonds is 5. The summed E-state index contributed by atoms with van der Waals surface area (Å²) in [6, 6.07) is 0.614. The number of aliphatic imine (C=N–C) groups is 1. The van der Waals surface area contributed by atoms with E-state index in [1.54, 1.807) is 0 Å². The molecule has 104 valence electrons. The normalized spacial score (nSPS) is 29.1. The number of nitrogens with zero attached hydrogens (tertiary/aromatic N) is 1. The summed E-state index contributed by atoms with van der Waals surface area (Å²) in [5, 5.41) is 7.88. The first kappa shape index (κ1) is 14.0. The lowest BCUT2D eigenvalue weighted by molar-refractivity contribution is 0.419. The van der Waals surface area contributed by atoms with Crippen LogP contribution in [0.25, 0.3) is 0 Å². The first-order valence-corrected chi connectivity index (χ1v) is 8.60. The highest BCUT2D eigenvalue weighted by Gasteiger charge is 2.23. The van der Waals surface area contributed by atoms with Crippen molar-refractivity contribution in [2.75, 3.05) is 19.8 Å². The van der Waals surface area contributed by atoms with Crippen molar-refractivity contribution >= 4 is 17.7 Å². The van der Waals surface area contributed by atoms with E-state index < -0.39 is 0 Å². The van der Waals surface area contributed by atoms with Crippen molar-refractivity contribution < 1.29 is 0 Å². The highest BCUT2D eigenvalue weighted by molar-refractivity contribution is 7.99. The molecule has 2 atom stereocenters. The summed E-state index contributed by atoms with van der Waals surface area (Å²) in [6.45, 7) is 1.07. The van der Waals surface area contributed by atoms with Crippen LogP contribution in [0.2, 0.25) is 0 Å². The van der Waals surface area contributed by atoms with Crippen molar-refractivity contribution in [3.8, 4) is 0 Å². The van der Waals surface area contributed by atoms with Crippen molar-refractivity contribution in [3.05, 3.63) is 0 Å². The minimum atomic E-state index is 0.614. The van der Waals surface area contributed by atoms with Crippen molar-refractivity contribution in [1.29, 1.82) is 0 Å². The molecule has 2 unspecified atom stereocenters. The zero-order chi connectivity index (χ0) is 12.8. The minimum absolute atomic E-state index is 0.614. The van der Waals surface area contributed by atoms with Gasteiger partial charge in [-0.15, -0.1) is 0 Å². The van der Waals surface area contributed by atoms with E-state index in [0.717, 1.165) is 23.7 Å². The maximum Gasteiger partial charge on any atom is 0.191 e. The molecule has 0 radical (unpaired) electrons. The third-order valence-corrected chi connectivity index (χ3v) is 5.16. The van der Waals surface area contributed by atoms with Crippen LogP contribution in [0.1, 0.15) is 44.9 Å². The lowest BCUT2D eigenvalue weighted by Crippen LogP contribution is -2.45. The molecule has 0 bridgehead atoms. The molecular weight excluding hydrogens is 242 g/mol. The van der Waals surface area contributed by atoms with Gasteiger partial charge in [-0.2, -0.15) is 11.8 Å². The molecule has 2 saturated carbocycles. The van der Waals surface area contributed by atoms with Crippen LogP contribution >= 0.6 is 11.8 Å². The summed E-state index contributed by atoms with van der Waals surface area (Å²) in [7, 11) is 1.88. The van der Waals surface area contributed by atoms with Crippen molar-refractivity contribution in [2.45, 2.75) is 56.2 Å². The summed E-state index contributed by atoms with van der Waals surface area (Å²) in [5.41, 5.74) is 0. The third kappa shape index (κ3) is 4.71. The molecule has 2 aliphatic rings. The molecule has 0 heterocycles. The van der Waals surface area contributed by atoms with Gasteiger partial charge in [0.1, 0.15) is 0 Å². The van der Waals surface area contributed by atoms with Gasteiger partial charge in [0.25, 0.3) is 0 Å². The number of thioether (sulfide) groups is 1. The van der Waals surface area contributed by atoms with Gasteiger partial charge in [-0.1, -0.05) is 19.3 Å². The van der Waals surface area contributed by atoms with E-state index in [9.17, 15) is 0 Å². The molecule has 0 saturated heterocycles. The summed E-state index contributed by atoms with van der Waals surface area (Å²) in [6.07, 6.45) is 11.7. The molecule has 2 fully saturated rings. The molecule has 0 aromatic carbocycles. The van der Waals surface area contributed by atoms with E-state index in [-0.39, 0.29) is 0 Å². The van der Waals surface area contributed by atoms with Gasteiger partial charge in [0.2, 0.25) is 0 Å². The second kappa shape index (κ2) is 7.27. The molecule has 0 aliphatic heterocycles. The van der Waals surface area contributed by atoms with E-state index in [0.29, 0.717) is 6.04 Å². The number of hydrogen-bond acceptors (Lipinski definition) is 2. The predicted octanol–water partition coefficient (Wildman–Crippen LogP) is 2.63. The number of nitrogens with one attached hydrogen (secondary N) is 2. The summed E-state index contributed by atoms with van der Waals surface area (Å²) in [4.78, 5) is 4.34. The molecule has 0 spiro atoms.